The number of aliphatic hydroxyl groups is 1. The Labute approximate surface area is 592 Å². The number of carbonyl (C=O) groups is 12. The minimum Gasteiger partial charge on any atom is -0.480 e. The average molecular weight is 1440 g/mol. The lowest BCUT2D eigenvalue weighted by Gasteiger charge is -2.33. The summed E-state index contributed by atoms with van der Waals surface area (Å²) in [4.78, 5) is 172. The van der Waals surface area contributed by atoms with Crippen LogP contribution in [0.5, 0.6) is 0 Å². The number of hydrogen-bond acceptors (Lipinski definition) is 20. The Hall–Kier alpha value is -7.07. The molecule has 0 radical (unpaired) electrons. The maximum Gasteiger partial charge on any atom is 0.317 e. The summed E-state index contributed by atoms with van der Waals surface area (Å²) in [6.45, 7) is 7.69. The van der Waals surface area contributed by atoms with Crippen molar-refractivity contribution >= 4 is 106 Å². The van der Waals surface area contributed by atoms with E-state index in [4.69, 9.17) is 11.5 Å². The number of rotatable bonds is 24. The lowest BCUT2D eigenvalue weighted by molar-refractivity contribution is -0.148. The number of nitrogens with one attached hydrogen (secondary N) is 6. The molecule has 8 atom stereocenters. The van der Waals surface area contributed by atoms with Crippen LogP contribution in [0.15, 0.2) is 48.5 Å². The summed E-state index contributed by atoms with van der Waals surface area (Å²) in [6.07, 6.45) is 1.79. The fraction of sp³-hybridized carbons (Fsp3) is 0.642. The van der Waals surface area contributed by atoms with Gasteiger partial charge in [-0.25, -0.2) is 0 Å². The van der Waals surface area contributed by atoms with Crippen LogP contribution < -0.4 is 43.4 Å². The zero-order valence-corrected chi connectivity index (χ0v) is 59.6. The van der Waals surface area contributed by atoms with Gasteiger partial charge in [0.25, 0.3) is 0 Å². The summed E-state index contributed by atoms with van der Waals surface area (Å²) in [7, 11) is 0. The topological polar surface area (TPSA) is 409 Å². The first kappa shape index (κ1) is 80.9. The number of primary amides is 2. The summed E-state index contributed by atoms with van der Waals surface area (Å²) in [5, 5.41) is 47.4. The van der Waals surface area contributed by atoms with Crippen molar-refractivity contribution in [3.63, 3.8) is 0 Å². The number of amides is 10. The molecular weight excluding hydrogens is 1340 g/mol. The molecule has 0 aromatic heterocycles. The van der Waals surface area contributed by atoms with Crippen molar-refractivity contribution in [3.8, 4) is 0 Å². The van der Waals surface area contributed by atoms with Crippen LogP contribution in [0.3, 0.4) is 0 Å². The third-order valence-electron chi connectivity index (χ3n) is 17.5. The minimum absolute atomic E-state index is 0.0213. The highest BCUT2D eigenvalue weighted by atomic mass is 32.2. The quantitative estimate of drug-likeness (QED) is 0.0578. The second-order valence-corrected chi connectivity index (χ2v) is 29.0. The first-order valence-electron chi connectivity index (χ1n) is 34.2. The van der Waals surface area contributed by atoms with Gasteiger partial charge in [-0.05, 0) is 74.6 Å². The number of thioether (sulfide) groups is 3. The Bertz CT molecular complexity index is 3040. The van der Waals surface area contributed by atoms with Crippen LogP contribution in [0.1, 0.15) is 107 Å². The Morgan fingerprint density at radius 3 is 1.75 bits per heavy atom. The summed E-state index contributed by atoms with van der Waals surface area (Å²) in [5.74, 6) is -5.35. The second-order valence-electron chi connectivity index (χ2n) is 25.9. The van der Waals surface area contributed by atoms with Gasteiger partial charge in [0.05, 0.1) is 32.3 Å². The van der Waals surface area contributed by atoms with Crippen LogP contribution >= 0.6 is 35.3 Å². The lowest BCUT2D eigenvalue weighted by Crippen LogP contribution is -2.61. The normalized spacial score (nSPS) is 23.7. The molecule has 2 aromatic rings. The van der Waals surface area contributed by atoms with Gasteiger partial charge in [-0.2, -0.15) is 35.3 Å². The van der Waals surface area contributed by atoms with Gasteiger partial charge >= 0.3 is 11.9 Å². The molecular formula is C67H102N14O15S3. The minimum atomic E-state index is -1.64. The molecule has 4 heterocycles. The molecule has 32 heteroatoms. The van der Waals surface area contributed by atoms with E-state index in [0.717, 1.165) is 29.5 Å². The monoisotopic (exact) mass is 1440 g/mol. The molecule has 10 amide bonds. The maximum atomic E-state index is 14.9. The third-order valence-corrected chi connectivity index (χ3v) is 20.9. The molecule has 0 unspecified atom stereocenters. The molecule has 29 nitrogen and oxygen atoms in total. The van der Waals surface area contributed by atoms with Crippen LogP contribution in [0.25, 0.3) is 0 Å². The molecule has 13 N–H and O–H groups in total. The molecule has 2 aromatic carbocycles. The summed E-state index contributed by atoms with van der Waals surface area (Å²) in [6, 6.07) is 7.42. The fourth-order valence-corrected chi connectivity index (χ4v) is 15.1. The zero-order valence-electron chi connectivity index (χ0n) is 57.2. The SMILES string of the molecule is CCCCCC(=O)N[C@H]1CSCc2cc(CSCCNC(=O)CN3CCN(CC(=O)O)CCN(CC(N)=O)CCN(CC(=O)O)CC3)cc(c2)CSC[C@@H](C)NC(=O)[C@H](Cc2ccccc2)NC(=O)[C@H](CCC(N)=O)NC(=O)[C@H]([C@@H](C)O)NC(=O)[C@@H]2CCCN2C(=O)[C@@H]2CCCN2C1=O. The number of carboxylic acid groups (broad SMARTS) is 2. The van der Waals surface area contributed by atoms with E-state index in [1.807, 2.05) is 24.8 Å². The summed E-state index contributed by atoms with van der Waals surface area (Å²) >= 11 is 4.61. The highest BCUT2D eigenvalue weighted by Crippen LogP contribution is 2.28. The highest BCUT2D eigenvalue weighted by Gasteiger charge is 2.45. The van der Waals surface area contributed by atoms with Gasteiger partial charge in [0.15, 0.2) is 0 Å². The summed E-state index contributed by atoms with van der Waals surface area (Å²) in [5.41, 5.74) is 14.6. The Kier molecular flexibility index (Phi) is 34.5. The van der Waals surface area contributed by atoms with Crippen molar-refractivity contribution in [2.45, 2.75) is 157 Å². The standard InChI is InChI=1S/C67H102N14O15S3/c1-4-5-7-16-57(85)72-52-43-99-42-49-32-47(40-97-30-19-70-58(86)36-77-24-28-78(37-59(87)88)26-22-76(35-56(69)84)23-27-79(29-25-77)38-60(89)90)31-48(33-49)41-98-39-44(2)71-63(92)51(34-46-12-8-6-9-13-46)74-62(91)50(17-18-55(68)83)73-65(94)61(45(3)82)75-64(93)53-14-10-20-80(53)67(96)54-15-11-21-81(54)66(52)95/h6,8-9,12-13,31-33,44-45,50-54,61,82H,4-5,7,10-11,14-30,34-43H2,1-3H3,(H2,68,83)(H2,69,84)(H,70,86)(H,71,92)(H,72,85)(H,73,94)(H,74,91)(H,75,93)(H,87,88)(H,89,90)/t44-,45-,50+,51+,52+,53+,54+,61+/m1/s1. The van der Waals surface area contributed by atoms with E-state index in [1.54, 1.807) is 62.5 Å². The number of nitrogens with two attached hydrogens (primary N) is 2. The summed E-state index contributed by atoms with van der Waals surface area (Å²) < 4.78 is 0. The Morgan fingerprint density at radius 1 is 0.616 bits per heavy atom. The predicted molar refractivity (Wildman–Crippen MR) is 377 cm³/mol. The molecule has 2 bridgehead atoms. The molecule has 4 aliphatic rings. The number of unbranched alkanes of at least 4 members (excludes halogenated alkanes) is 2. The van der Waals surface area contributed by atoms with Gasteiger partial charge in [0.2, 0.25) is 59.1 Å². The van der Waals surface area contributed by atoms with Gasteiger partial charge in [-0.3, -0.25) is 77.1 Å². The first-order chi connectivity index (χ1) is 47.3. The number of carbonyl (C=O) groups excluding carboxylic acids is 10. The Balaban J connectivity index is 1.23. The van der Waals surface area contributed by atoms with Crippen LogP contribution in [0, 0.1) is 0 Å². The molecule has 99 heavy (non-hydrogen) atoms. The second kappa shape index (κ2) is 42.3. The smallest absolute Gasteiger partial charge is 0.317 e. The van der Waals surface area contributed by atoms with Crippen molar-refractivity contribution in [1.82, 2.24) is 61.3 Å². The van der Waals surface area contributed by atoms with E-state index >= 15 is 0 Å². The predicted octanol–water partition coefficient (Wildman–Crippen LogP) is -0.713. The van der Waals surface area contributed by atoms with Gasteiger partial charge in [-0.15, -0.1) is 0 Å². The molecule has 3 fully saturated rings. The van der Waals surface area contributed by atoms with Crippen molar-refractivity contribution in [2.24, 2.45) is 11.5 Å². The maximum absolute atomic E-state index is 14.9. The molecule has 6 rings (SSSR count). The van der Waals surface area contributed by atoms with E-state index < -0.39 is 108 Å². The number of aliphatic carboxylic acids is 2. The van der Waals surface area contributed by atoms with Crippen molar-refractivity contribution in [3.05, 3.63) is 70.8 Å². The molecule has 0 aliphatic carbocycles. The molecule has 548 valence electrons. The number of aliphatic hydroxyl groups excluding tert-OH is 1. The first-order valence-corrected chi connectivity index (χ1v) is 37.7. The number of benzene rings is 2. The molecule has 0 spiro atoms. The van der Waals surface area contributed by atoms with Gasteiger partial charge in [0.1, 0.15) is 36.3 Å². The van der Waals surface area contributed by atoms with E-state index in [-0.39, 0.29) is 88.9 Å². The average Bonchev–Trinajstić information content (AvgIpc) is 1.64. The number of carboxylic acids is 2. The van der Waals surface area contributed by atoms with Gasteiger partial charge in [0, 0.05) is 132 Å². The number of nitrogens with zero attached hydrogens (tertiary/aromatic N) is 6. The van der Waals surface area contributed by atoms with Crippen LogP contribution in [0.2, 0.25) is 0 Å². The van der Waals surface area contributed by atoms with E-state index in [2.05, 4.69) is 50.1 Å². The molecule has 3 saturated heterocycles. The largest absolute Gasteiger partial charge is 0.480 e. The van der Waals surface area contributed by atoms with E-state index in [9.17, 15) is 72.9 Å². The van der Waals surface area contributed by atoms with Crippen molar-refractivity contribution in [1.29, 1.82) is 0 Å². The van der Waals surface area contributed by atoms with Crippen LogP contribution in [-0.4, -0.2) is 280 Å². The van der Waals surface area contributed by atoms with E-state index in [0.29, 0.717) is 119 Å². The number of fused-ring (bicyclic) bond motifs is 4. The molecule has 4 aliphatic heterocycles. The van der Waals surface area contributed by atoms with Crippen LogP contribution in [-0.2, 0) is 81.2 Å². The van der Waals surface area contributed by atoms with Crippen molar-refractivity contribution < 1.29 is 72.9 Å². The van der Waals surface area contributed by atoms with Gasteiger partial charge in [-0.1, -0.05) is 68.3 Å². The third kappa shape index (κ3) is 28.5. The highest BCUT2D eigenvalue weighted by molar-refractivity contribution is 7.99. The van der Waals surface area contributed by atoms with Crippen LogP contribution in [0.4, 0.5) is 0 Å². The fourth-order valence-electron chi connectivity index (χ4n) is 12.4. The zero-order chi connectivity index (χ0) is 72.0. The number of hydrogen-bond donors (Lipinski definition) is 11. The van der Waals surface area contributed by atoms with E-state index in [1.165, 1.54) is 28.5 Å². The lowest BCUT2D eigenvalue weighted by atomic mass is 10.0. The molecule has 0 saturated carbocycles. The van der Waals surface area contributed by atoms with Gasteiger partial charge < -0.3 is 68.5 Å². The van der Waals surface area contributed by atoms with Crippen molar-refractivity contribution in [2.75, 3.05) is 115 Å². The Morgan fingerprint density at radius 2 is 1.17 bits per heavy atom.